The van der Waals surface area contributed by atoms with E-state index >= 15 is 0 Å². The number of fused-ring (bicyclic) bond motifs is 3. The topological polar surface area (TPSA) is 99.8 Å². The molecule has 0 aliphatic rings. The lowest BCUT2D eigenvalue weighted by molar-refractivity contribution is -0.113. The highest BCUT2D eigenvalue weighted by molar-refractivity contribution is 7.99. The van der Waals surface area contributed by atoms with Crippen LogP contribution in [0.25, 0.3) is 16.7 Å². The minimum absolute atomic E-state index is 0.121. The summed E-state index contributed by atoms with van der Waals surface area (Å²) in [5.41, 5.74) is 1.23. The van der Waals surface area contributed by atoms with E-state index in [0.29, 0.717) is 52.8 Å². The van der Waals surface area contributed by atoms with Gasteiger partial charge in [-0.05, 0) is 30.7 Å². The molecule has 2 heterocycles. The fraction of sp³-hybridized carbons (Fsp3) is 0.273. The molecule has 0 atom stereocenters. The van der Waals surface area contributed by atoms with Crippen LogP contribution in [0.5, 0.6) is 5.75 Å². The fourth-order valence-electron chi connectivity index (χ4n) is 3.42. The van der Waals surface area contributed by atoms with E-state index in [-0.39, 0.29) is 17.2 Å². The van der Waals surface area contributed by atoms with Gasteiger partial charge in [0.15, 0.2) is 5.16 Å². The van der Waals surface area contributed by atoms with E-state index < -0.39 is 0 Å². The molecule has 0 unspecified atom stereocenters. The zero-order valence-corrected chi connectivity index (χ0v) is 18.6. The van der Waals surface area contributed by atoms with Crippen molar-refractivity contribution < 1.29 is 14.3 Å². The molecule has 32 heavy (non-hydrogen) atoms. The van der Waals surface area contributed by atoms with Gasteiger partial charge in [0.2, 0.25) is 11.7 Å². The van der Waals surface area contributed by atoms with Gasteiger partial charge in [-0.15, -0.1) is 10.2 Å². The molecule has 10 heteroatoms. The van der Waals surface area contributed by atoms with Gasteiger partial charge in [-0.3, -0.25) is 18.6 Å². The number of anilines is 1. The lowest BCUT2D eigenvalue weighted by atomic mass is 10.2. The third kappa shape index (κ3) is 4.46. The van der Waals surface area contributed by atoms with Gasteiger partial charge in [0.1, 0.15) is 5.75 Å². The number of rotatable bonds is 9. The summed E-state index contributed by atoms with van der Waals surface area (Å²) in [6.07, 6.45) is 0.669. The highest BCUT2D eigenvalue weighted by atomic mass is 32.2. The smallest absolute Gasteiger partial charge is 0.262 e. The summed E-state index contributed by atoms with van der Waals surface area (Å²) >= 11 is 1.26. The van der Waals surface area contributed by atoms with Crippen molar-refractivity contribution in [2.24, 2.45) is 0 Å². The van der Waals surface area contributed by atoms with E-state index in [4.69, 9.17) is 9.47 Å². The van der Waals surface area contributed by atoms with Crippen LogP contribution in [-0.4, -0.2) is 51.7 Å². The van der Waals surface area contributed by atoms with Crippen molar-refractivity contribution in [2.45, 2.75) is 18.1 Å². The molecule has 9 nitrogen and oxygen atoms in total. The Kier molecular flexibility index (Phi) is 6.72. The van der Waals surface area contributed by atoms with Crippen molar-refractivity contribution in [3.63, 3.8) is 0 Å². The molecule has 0 aliphatic heterocycles. The zero-order valence-electron chi connectivity index (χ0n) is 17.8. The maximum absolute atomic E-state index is 13.0. The van der Waals surface area contributed by atoms with Crippen LogP contribution in [0.3, 0.4) is 0 Å². The van der Waals surface area contributed by atoms with Crippen LogP contribution in [0.4, 0.5) is 5.69 Å². The predicted molar refractivity (Wildman–Crippen MR) is 124 cm³/mol. The second-order valence-corrected chi connectivity index (χ2v) is 7.95. The molecule has 2 aromatic heterocycles. The average molecular weight is 454 g/mol. The third-order valence-corrected chi connectivity index (χ3v) is 5.82. The van der Waals surface area contributed by atoms with Crippen LogP contribution >= 0.6 is 11.8 Å². The number of aromatic nitrogens is 4. The standard InChI is InChI=1S/C22H23N5O4S/c1-30-12-6-11-26-20(29)17-9-3-4-10-18(17)27-21(26)24-25-22(27)32-14-19(28)23-15-7-5-8-16(13-15)31-2/h3-5,7-10,13H,6,11-12,14H2,1-2H3,(H,23,28). The molecule has 0 bridgehead atoms. The predicted octanol–water partition coefficient (Wildman–Crippen LogP) is 2.82. The number of nitrogens with zero attached hydrogens (tertiary/aromatic N) is 4. The quantitative estimate of drug-likeness (QED) is 0.307. The molecule has 2 aromatic carbocycles. The average Bonchev–Trinajstić information content (AvgIpc) is 3.24. The first kappa shape index (κ1) is 21.8. The Morgan fingerprint density at radius 1 is 1.12 bits per heavy atom. The Balaban J connectivity index is 1.62. The molecule has 4 aromatic rings. The van der Waals surface area contributed by atoms with Crippen LogP contribution in [0.2, 0.25) is 0 Å². The number of aryl methyl sites for hydroxylation is 1. The van der Waals surface area contributed by atoms with Gasteiger partial charge < -0.3 is 14.8 Å². The number of ether oxygens (including phenoxy) is 2. The van der Waals surface area contributed by atoms with Gasteiger partial charge in [0.25, 0.3) is 5.56 Å². The number of hydrogen-bond donors (Lipinski definition) is 1. The van der Waals surface area contributed by atoms with Gasteiger partial charge in [-0.1, -0.05) is 30.0 Å². The summed E-state index contributed by atoms with van der Waals surface area (Å²) in [5, 5.41) is 12.5. The molecule has 0 radical (unpaired) electrons. The van der Waals surface area contributed by atoms with E-state index in [1.54, 1.807) is 37.0 Å². The summed E-state index contributed by atoms with van der Waals surface area (Å²) in [7, 11) is 3.20. The molecule has 0 aliphatic carbocycles. The minimum Gasteiger partial charge on any atom is -0.497 e. The number of nitrogens with one attached hydrogen (secondary N) is 1. The van der Waals surface area contributed by atoms with E-state index in [9.17, 15) is 9.59 Å². The molecule has 166 valence electrons. The zero-order chi connectivity index (χ0) is 22.5. The number of amides is 1. The number of carbonyl (C=O) groups excluding carboxylic acids is 1. The Bertz CT molecular complexity index is 1320. The van der Waals surface area contributed by atoms with Crippen molar-refractivity contribution >= 4 is 40.0 Å². The van der Waals surface area contributed by atoms with Crippen LogP contribution in [0.1, 0.15) is 6.42 Å². The number of para-hydroxylation sites is 1. The Hall–Kier alpha value is -3.37. The monoisotopic (exact) mass is 453 g/mol. The van der Waals surface area contributed by atoms with E-state index in [0.717, 1.165) is 0 Å². The van der Waals surface area contributed by atoms with Gasteiger partial charge in [0.05, 0.1) is 23.8 Å². The second-order valence-electron chi connectivity index (χ2n) is 7.01. The summed E-state index contributed by atoms with van der Waals surface area (Å²) < 4.78 is 13.7. The van der Waals surface area contributed by atoms with Crippen LogP contribution < -0.4 is 15.6 Å². The highest BCUT2D eigenvalue weighted by Gasteiger charge is 2.17. The molecule has 1 N–H and O–H groups in total. The van der Waals surface area contributed by atoms with Crippen molar-refractivity contribution in [2.75, 3.05) is 31.9 Å². The Labute approximate surface area is 188 Å². The molecular formula is C22H23N5O4S. The number of methoxy groups -OCH3 is 2. The highest BCUT2D eigenvalue weighted by Crippen LogP contribution is 2.22. The molecule has 0 spiro atoms. The summed E-state index contributed by atoms with van der Waals surface area (Å²) in [6.45, 7) is 0.992. The molecule has 0 saturated heterocycles. The molecule has 0 saturated carbocycles. The number of hydrogen-bond acceptors (Lipinski definition) is 7. The largest absolute Gasteiger partial charge is 0.497 e. The first-order chi connectivity index (χ1) is 15.6. The van der Waals surface area contributed by atoms with Gasteiger partial charge in [-0.25, -0.2) is 0 Å². The van der Waals surface area contributed by atoms with Crippen LogP contribution in [0.15, 0.2) is 58.5 Å². The van der Waals surface area contributed by atoms with Crippen molar-refractivity contribution in [1.29, 1.82) is 0 Å². The number of thioether (sulfide) groups is 1. The maximum Gasteiger partial charge on any atom is 0.262 e. The lowest BCUT2D eigenvalue weighted by Crippen LogP contribution is -2.24. The van der Waals surface area contributed by atoms with E-state index in [1.807, 2.05) is 34.7 Å². The Morgan fingerprint density at radius 2 is 1.97 bits per heavy atom. The van der Waals surface area contributed by atoms with Gasteiger partial charge >= 0.3 is 0 Å². The number of benzene rings is 2. The Morgan fingerprint density at radius 3 is 2.78 bits per heavy atom. The van der Waals surface area contributed by atoms with E-state index in [2.05, 4.69) is 15.5 Å². The SMILES string of the molecule is COCCCn1c(=O)c2ccccc2n2c(SCC(=O)Nc3cccc(OC)c3)nnc12. The first-order valence-electron chi connectivity index (χ1n) is 10.0. The summed E-state index contributed by atoms with van der Waals surface area (Å²) in [4.78, 5) is 25.5. The van der Waals surface area contributed by atoms with Crippen molar-refractivity contribution in [1.82, 2.24) is 19.2 Å². The van der Waals surface area contributed by atoms with Crippen LogP contribution in [-0.2, 0) is 16.1 Å². The molecular weight excluding hydrogens is 430 g/mol. The maximum atomic E-state index is 13.0. The first-order valence-corrected chi connectivity index (χ1v) is 11.0. The summed E-state index contributed by atoms with van der Waals surface area (Å²) in [6, 6.07) is 14.5. The van der Waals surface area contributed by atoms with Crippen LogP contribution in [0, 0.1) is 0 Å². The number of carbonyl (C=O) groups is 1. The third-order valence-electron chi connectivity index (χ3n) is 4.89. The molecule has 0 fully saturated rings. The molecule has 4 rings (SSSR count). The minimum atomic E-state index is -0.183. The normalized spacial score (nSPS) is 11.2. The lowest BCUT2D eigenvalue weighted by Gasteiger charge is -2.11. The second kappa shape index (κ2) is 9.84. The van der Waals surface area contributed by atoms with Crippen molar-refractivity contribution in [3.8, 4) is 5.75 Å². The summed E-state index contributed by atoms with van der Waals surface area (Å²) in [5.74, 6) is 1.06. The van der Waals surface area contributed by atoms with E-state index in [1.165, 1.54) is 11.8 Å². The van der Waals surface area contributed by atoms with Crippen molar-refractivity contribution in [3.05, 3.63) is 58.9 Å². The molecule has 1 amide bonds. The van der Waals surface area contributed by atoms with Gasteiger partial charge in [-0.2, -0.15) is 0 Å². The van der Waals surface area contributed by atoms with Gasteiger partial charge in [0, 0.05) is 32.0 Å². The fourth-order valence-corrected chi connectivity index (χ4v) is 4.16.